The van der Waals surface area contributed by atoms with Gasteiger partial charge in [0.1, 0.15) is 11.6 Å². The van der Waals surface area contributed by atoms with Gasteiger partial charge in [0.15, 0.2) is 5.82 Å². The van der Waals surface area contributed by atoms with Crippen molar-refractivity contribution in [3.05, 3.63) is 35.7 Å². The molecule has 2 rings (SSSR count). The second-order valence-corrected chi connectivity index (χ2v) is 4.57. The fourth-order valence-corrected chi connectivity index (χ4v) is 2.05. The summed E-state index contributed by atoms with van der Waals surface area (Å²) in [5.74, 6) is -0.898. The van der Waals surface area contributed by atoms with Gasteiger partial charge in [0.2, 0.25) is 0 Å². The quantitative estimate of drug-likeness (QED) is 0.833. The minimum Gasteiger partial charge on any atom is -0.396 e. The Morgan fingerprint density at radius 2 is 2.00 bits per heavy atom. The van der Waals surface area contributed by atoms with Gasteiger partial charge in [0.05, 0.1) is 11.3 Å². The third-order valence-corrected chi connectivity index (χ3v) is 2.90. The van der Waals surface area contributed by atoms with Crippen molar-refractivity contribution in [1.29, 1.82) is 0 Å². The summed E-state index contributed by atoms with van der Waals surface area (Å²) in [5, 5.41) is 0. The van der Waals surface area contributed by atoms with Crippen molar-refractivity contribution in [1.82, 2.24) is 9.55 Å². The molecule has 0 atom stereocenters. The molecule has 2 N–H and O–H groups in total. The van der Waals surface area contributed by atoms with Gasteiger partial charge in [-0.05, 0) is 5.92 Å². The zero-order valence-electron chi connectivity index (χ0n) is 10.5. The summed E-state index contributed by atoms with van der Waals surface area (Å²) in [5.41, 5.74) is 5.75. The molecule has 5 heteroatoms. The van der Waals surface area contributed by atoms with Crippen LogP contribution in [0.1, 0.15) is 25.3 Å². The van der Waals surface area contributed by atoms with Gasteiger partial charge in [-0.15, -0.1) is 0 Å². The number of nitrogens with two attached hydrogens (primary N) is 1. The van der Waals surface area contributed by atoms with E-state index in [-0.39, 0.29) is 17.2 Å². The molecule has 0 aliphatic rings. The Morgan fingerprint density at radius 3 is 2.50 bits per heavy atom. The highest BCUT2D eigenvalue weighted by atomic mass is 19.1. The minimum absolute atomic E-state index is 0.148. The monoisotopic (exact) mass is 251 g/mol. The summed E-state index contributed by atoms with van der Waals surface area (Å²) in [4.78, 5) is 4.07. The van der Waals surface area contributed by atoms with E-state index in [1.54, 1.807) is 37.9 Å². The van der Waals surface area contributed by atoms with Crippen molar-refractivity contribution in [3.8, 4) is 11.4 Å². The summed E-state index contributed by atoms with van der Waals surface area (Å²) >= 11 is 0. The fourth-order valence-electron chi connectivity index (χ4n) is 2.05. The number of halogens is 2. The molecule has 1 aromatic carbocycles. The van der Waals surface area contributed by atoms with Crippen molar-refractivity contribution >= 4 is 5.69 Å². The van der Waals surface area contributed by atoms with Crippen LogP contribution in [0.15, 0.2) is 18.5 Å². The van der Waals surface area contributed by atoms with Crippen LogP contribution in [0.4, 0.5) is 14.5 Å². The Balaban J connectivity index is 2.83. The maximum absolute atomic E-state index is 14.2. The molecule has 18 heavy (non-hydrogen) atoms. The minimum atomic E-state index is -0.616. The van der Waals surface area contributed by atoms with E-state index in [9.17, 15) is 8.78 Å². The molecule has 0 saturated carbocycles. The van der Waals surface area contributed by atoms with Gasteiger partial charge in [-0.2, -0.15) is 0 Å². The van der Waals surface area contributed by atoms with Crippen LogP contribution in [-0.4, -0.2) is 9.55 Å². The molecule has 0 saturated heterocycles. The van der Waals surface area contributed by atoms with E-state index in [4.69, 9.17) is 5.73 Å². The highest BCUT2D eigenvalue weighted by molar-refractivity contribution is 5.68. The van der Waals surface area contributed by atoms with Gasteiger partial charge in [0.25, 0.3) is 0 Å². The van der Waals surface area contributed by atoms with Crippen LogP contribution in [0, 0.1) is 11.6 Å². The maximum Gasteiger partial charge on any atom is 0.157 e. The number of nitrogens with zero attached hydrogens (tertiary/aromatic N) is 2. The molecular weight excluding hydrogens is 236 g/mol. The molecule has 0 aliphatic carbocycles. The standard InChI is InChI=1S/C13H15F2N3/c1-7(2)10-8(14)6-9(16)12(15)11(10)13-17-4-5-18(13)3/h4-7H,16H2,1-3H3. The second kappa shape index (κ2) is 4.40. The third kappa shape index (κ3) is 1.85. The van der Waals surface area contributed by atoms with Crippen LogP contribution in [0.3, 0.4) is 0 Å². The number of aromatic nitrogens is 2. The zero-order valence-corrected chi connectivity index (χ0v) is 10.5. The zero-order chi connectivity index (χ0) is 13.4. The lowest BCUT2D eigenvalue weighted by Crippen LogP contribution is -2.07. The van der Waals surface area contributed by atoms with E-state index >= 15 is 0 Å². The lowest BCUT2D eigenvalue weighted by molar-refractivity contribution is 0.580. The molecule has 0 amide bonds. The predicted molar refractivity (Wildman–Crippen MR) is 67.1 cm³/mol. The molecule has 0 radical (unpaired) electrons. The Bertz CT molecular complexity index is 588. The van der Waals surface area contributed by atoms with E-state index in [0.717, 1.165) is 6.07 Å². The lowest BCUT2D eigenvalue weighted by Gasteiger charge is -2.16. The SMILES string of the molecule is CC(C)c1c(F)cc(N)c(F)c1-c1nccn1C. The number of hydrogen-bond acceptors (Lipinski definition) is 2. The number of nitrogen functional groups attached to an aromatic ring is 1. The van der Waals surface area contributed by atoms with E-state index in [2.05, 4.69) is 4.98 Å². The Kier molecular flexibility index (Phi) is 3.07. The molecule has 0 fully saturated rings. The van der Waals surface area contributed by atoms with E-state index in [1.807, 2.05) is 0 Å². The van der Waals surface area contributed by atoms with Crippen LogP contribution >= 0.6 is 0 Å². The molecule has 0 unspecified atom stereocenters. The van der Waals surface area contributed by atoms with Crippen molar-refractivity contribution in [2.75, 3.05) is 5.73 Å². The summed E-state index contributed by atoms with van der Waals surface area (Å²) in [6.45, 7) is 3.61. The third-order valence-electron chi connectivity index (χ3n) is 2.90. The van der Waals surface area contributed by atoms with Crippen LogP contribution in [0.25, 0.3) is 11.4 Å². The normalized spacial score (nSPS) is 11.2. The number of aryl methyl sites for hydroxylation is 1. The van der Waals surface area contributed by atoms with Crippen molar-refractivity contribution in [2.24, 2.45) is 7.05 Å². The fraction of sp³-hybridized carbons (Fsp3) is 0.308. The molecule has 0 spiro atoms. The summed E-state index contributed by atoms with van der Waals surface area (Å²) in [6, 6.07) is 1.02. The van der Waals surface area contributed by atoms with Crippen LogP contribution in [0.2, 0.25) is 0 Å². The molecule has 2 aromatic rings. The van der Waals surface area contributed by atoms with Crippen molar-refractivity contribution < 1.29 is 8.78 Å². The number of benzene rings is 1. The van der Waals surface area contributed by atoms with Gasteiger partial charge in [-0.1, -0.05) is 13.8 Å². The van der Waals surface area contributed by atoms with Crippen LogP contribution in [-0.2, 0) is 7.05 Å². The van der Waals surface area contributed by atoms with Gasteiger partial charge in [0, 0.05) is 31.1 Å². The Hall–Kier alpha value is -1.91. The summed E-state index contributed by atoms with van der Waals surface area (Å²) in [7, 11) is 1.73. The smallest absolute Gasteiger partial charge is 0.157 e. The average molecular weight is 251 g/mol. The first-order valence-electron chi connectivity index (χ1n) is 5.68. The van der Waals surface area contributed by atoms with Crippen molar-refractivity contribution in [3.63, 3.8) is 0 Å². The maximum atomic E-state index is 14.2. The first-order valence-corrected chi connectivity index (χ1v) is 5.68. The van der Waals surface area contributed by atoms with Gasteiger partial charge in [-0.25, -0.2) is 13.8 Å². The van der Waals surface area contributed by atoms with Crippen molar-refractivity contribution in [2.45, 2.75) is 19.8 Å². The molecule has 0 bridgehead atoms. The summed E-state index contributed by atoms with van der Waals surface area (Å²) in [6.07, 6.45) is 3.22. The predicted octanol–water partition coefficient (Wildman–Crippen LogP) is 3.07. The van der Waals surface area contributed by atoms with E-state index in [0.29, 0.717) is 11.4 Å². The topological polar surface area (TPSA) is 43.8 Å². The number of anilines is 1. The average Bonchev–Trinajstić information content (AvgIpc) is 2.68. The highest BCUT2D eigenvalue weighted by Gasteiger charge is 2.23. The van der Waals surface area contributed by atoms with E-state index < -0.39 is 11.6 Å². The molecule has 0 aliphatic heterocycles. The Morgan fingerprint density at radius 1 is 1.33 bits per heavy atom. The molecule has 3 nitrogen and oxygen atoms in total. The number of imidazole rings is 1. The van der Waals surface area contributed by atoms with Crippen LogP contribution in [0.5, 0.6) is 0 Å². The lowest BCUT2D eigenvalue weighted by atomic mass is 9.94. The molecule has 1 heterocycles. The number of hydrogen-bond donors (Lipinski definition) is 1. The molecule has 96 valence electrons. The first kappa shape index (κ1) is 12.5. The molecule has 1 aromatic heterocycles. The number of rotatable bonds is 2. The largest absolute Gasteiger partial charge is 0.396 e. The highest BCUT2D eigenvalue weighted by Crippen LogP contribution is 2.35. The van der Waals surface area contributed by atoms with Crippen LogP contribution < -0.4 is 5.73 Å². The van der Waals surface area contributed by atoms with Gasteiger partial charge >= 0.3 is 0 Å². The molecular formula is C13H15F2N3. The Labute approximate surface area is 104 Å². The summed E-state index contributed by atoms with van der Waals surface area (Å²) < 4.78 is 29.8. The van der Waals surface area contributed by atoms with Gasteiger partial charge < -0.3 is 10.3 Å². The van der Waals surface area contributed by atoms with Gasteiger partial charge in [-0.3, -0.25) is 0 Å². The van der Waals surface area contributed by atoms with E-state index in [1.165, 1.54) is 0 Å². The first-order chi connectivity index (χ1) is 8.43. The second-order valence-electron chi connectivity index (χ2n) is 4.57.